The number of aromatic nitrogens is 3. The third-order valence-electron chi connectivity index (χ3n) is 2.75. The second kappa shape index (κ2) is 5.10. The molecule has 0 aromatic carbocycles. The van der Waals surface area contributed by atoms with E-state index >= 15 is 0 Å². The van der Waals surface area contributed by atoms with Crippen molar-refractivity contribution in [3.05, 3.63) is 11.9 Å². The lowest BCUT2D eigenvalue weighted by atomic mass is 9.92. The van der Waals surface area contributed by atoms with Crippen LogP contribution in [0.15, 0.2) is 6.20 Å². The van der Waals surface area contributed by atoms with Crippen molar-refractivity contribution < 1.29 is 0 Å². The Labute approximate surface area is 85.5 Å². The topological polar surface area (TPSA) is 56.7 Å². The highest BCUT2D eigenvalue weighted by molar-refractivity contribution is 4.96. The van der Waals surface area contributed by atoms with Gasteiger partial charge in [-0.3, -0.25) is 4.68 Å². The van der Waals surface area contributed by atoms with Crippen LogP contribution in [-0.2, 0) is 13.5 Å². The van der Waals surface area contributed by atoms with Crippen LogP contribution in [0.25, 0.3) is 0 Å². The zero-order valence-corrected chi connectivity index (χ0v) is 9.27. The van der Waals surface area contributed by atoms with Gasteiger partial charge in [0, 0.05) is 25.7 Å². The van der Waals surface area contributed by atoms with Crippen LogP contribution in [0.4, 0.5) is 0 Å². The van der Waals surface area contributed by atoms with E-state index in [-0.39, 0.29) is 6.04 Å². The fraction of sp³-hybridized carbons (Fsp3) is 0.800. The highest BCUT2D eigenvalue weighted by atomic mass is 15.4. The van der Waals surface area contributed by atoms with E-state index in [0.29, 0.717) is 5.92 Å². The van der Waals surface area contributed by atoms with Crippen LogP contribution in [-0.4, -0.2) is 21.0 Å². The number of hydrogen-bond acceptors (Lipinski definition) is 3. The number of nitrogens with two attached hydrogens (primary N) is 1. The largest absolute Gasteiger partial charge is 0.327 e. The van der Waals surface area contributed by atoms with Crippen LogP contribution in [0.5, 0.6) is 0 Å². The molecule has 0 saturated carbocycles. The Kier molecular flexibility index (Phi) is 4.07. The first-order valence-electron chi connectivity index (χ1n) is 5.28. The monoisotopic (exact) mass is 196 g/mol. The summed E-state index contributed by atoms with van der Waals surface area (Å²) >= 11 is 0. The summed E-state index contributed by atoms with van der Waals surface area (Å²) in [6, 6.07) is 0.210. The van der Waals surface area contributed by atoms with Crippen LogP contribution in [0.3, 0.4) is 0 Å². The van der Waals surface area contributed by atoms with E-state index in [1.807, 2.05) is 13.2 Å². The summed E-state index contributed by atoms with van der Waals surface area (Å²) < 4.78 is 1.72. The maximum absolute atomic E-state index is 6.10. The van der Waals surface area contributed by atoms with Crippen LogP contribution in [0.1, 0.15) is 32.4 Å². The van der Waals surface area contributed by atoms with Crippen molar-refractivity contribution in [2.75, 3.05) is 0 Å². The molecule has 14 heavy (non-hydrogen) atoms. The van der Waals surface area contributed by atoms with E-state index in [1.54, 1.807) is 4.68 Å². The van der Waals surface area contributed by atoms with Gasteiger partial charge in [-0.25, -0.2) is 0 Å². The highest BCUT2D eigenvalue weighted by Crippen LogP contribution is 2.14. The summed E-state index contributed by atoms with van der Waals surface area (Å²) in [7, 11) is 1.87. The fourth-order valence-corrected chi connectivity index (χ4v) is 1.79. The molecule has 0 bridgehead atoms. The molecule has 0 aliphatic rings. The van der Waals surface area contributed by atoms with Gasteiger partial charge in [0.25, 0.3) is 0 Å². The zero-order valence-electron chi connectivity index (χ0n) is 9.27. The van der Waals surface area contributed by atoms with Crippen molar-refractivity contribution in [1.29, 1.82) is 0 Å². The standard InChI is InChI=1S/C10H20N4/c1-4-8(5-2)10(11)6-9-7-14(3)13-12-9/h7-8,10H,4-6,11H2,1-3H3. The molecule has 80 valence electrons. The van der Waals surface area contributed by atoms with Crippen LogP contribution in [0.2, 0.25) is 0 Å². The first-order valence-corrected chi connectivity index (χ1v) is 5.28. The average molecular weight is 196 g/mol. The van der Waals surface area contributed by atoms with Gasteiger partial charge in [-0.2, -0.15) is 0 Å². The lowest BCUT2D eigenvalue weighted by Gasteiger charge is -2.19. The van der Waals surface area contributed by atoms with E-state index in [4.69, 9.17) is 5.73 Å². The SMILES string of the molecule is CCC(CC)C(N)Cc1cn(C)nn1. The lowest BCUT2D eigenvalue weighted by molar-refractivity contribution is 0.391. The summed E-state index contributed by atoms with van der Waals surface area (Å²) in [5.74, 6) is 0.594. The molecule has 0 aliphatic carbocycles. The molecule has 1 aromatic heterocycles. The maximum Gasteiger partial charge on any atom is 0.0842 e. The van der Waals surface area contributed by atoms with Crippen molar-refractivity contribution in [3.8, 4) is 0 Å². The maximum atomic E-state index is 6.10. The van der Waals surface area contributed by atoms with Crippen molar-refractivity contribution >= 4 is 0 Å². The van der Waals surface area contributed by atoms with Crippen LogP contribution >= 0.6 is 0 Å². The van der Waals surface area contributed by atoms with Crippen LogP contribution in [0, 0.1) is 5.92 Å². The second-order valence-corrected chi connectivity index (χ2v) is 3.83. The van der Waals surface area contributed by atoms with Gasteiger partial charge < -0.3 is 5.73 Å². The molecule has 0 saturated heterocycles. The summed E-state index contributed by atoms with van der Waals surface area (Å²) in [5.41, 5.74) is 7.10. The minimum atomic E-state index is 0.210. The van der Waals surface area contributed by atoms with Gasteiger partial charge in [0.05, 0.1) is 5.69 Å². The van der Waals surface area contributed by atoms with Crippen molar-refractivity contribution in [1.82, 2.24) is 15.0 Å². The third-order valence-corrected chi connectivity index (χ3v) is 2.75. The fourth-order valence-electron chi connectivity index (χ4n) is 1.79. The summed E-state index contributed by atoms with van der Waals surface area (Å²) in [4.78, 5) is 0. The molecule has 1 unspecified atom stereocenters. The van der Waals surface area contributed by atoms with Gasteiger partial charge in [0.1, 0.15) is 0 Å². The highest BCUT2D eigenvalue weighted by Gasteiger charge is 2.15. The lowest BCUT2D eigenvalue weighted by Crippen LogP contribution is -2.31. The smallest absolute Gasteiger partial charge is 0.0842 e. The minimum Gasteiger partial charge on any atom is -0.327 e. The minimum absolute atomic E-state index is 0.210. The Morgan fingerprint density at radius 3 is 2.50 bits per heavy atom. The normalized spacial score (nSPS) is 13.5. The molecule has 0 aliphatic heterocycles. The molecule has 1 aromatic rings. The van der Waals surface area contributed by atoms with Crippen LogP contribution < -0.4 is 5.73 Å². The molecule has 1 atom stereocenters. The molecular weight excluding hydrogens is 176 g/mol. The quantitative estimate of drug-likeness (QED) is 0.767. The van der Waals surface area contributed by atoms with Gasteiger partial charge in [-0.1, -0.05) is 31.9 Å². The molecule has 4 heteroatoms. The molecule has 4 nitrogen and oxygen atoms in total. The van der Waals surface area contributed by atoms with E-state index in [0.717, 1.165) is 25.0 Å². The van der Waals surface area contributed by atoms with Gasteiger partial charge in [-0.05, 0) is 5.92 Å². The number of rotatable bonds is 5. The average Bonchev–Trinajstić information content (AvgIpc) is 2.53. The number of nitrogens with zero attached hydrogens (tertiary/aromatic N) is 3. The Morgan fingerprint density at radius 2 is 2.07 bits per heavy atom. The van der Waals surface area contributed by atoms with Crippen molar-refractivity contribution in [3.63, 3.8) is 0 Å². The van der Waals surface area contributed by atoms with Gasteiger partial charge in [-0.15, -0.1) is 5.10 Å². The predicted octanol–water partition coefficient (Wildman–Crippen LogP) is 1.12. The Bertz CT molecular complexity index is 265. The Morgan fingerprint density at radius 1 is 1.43 bits per heavy atom. The molecule has 0 amide bonds. The van der Waals surface area contributed by atoms with E-state index in [9.17, 15) is 0 Å². The van der Waals surface area contributed by atoms with Gasteiger partial charge >= 0.3 is 0 Å². The summed E-state index contributed by atoms with van der Waals surface area (Å²) in [6.45, 7) is 4.37. The van der Waals surface area contributed by atoms with Gasteiger partial charge in [0.15, 0.2) is 0 Å². The molecule has 2 N–H and O–H groups in total. The van der Waals surface area contributed by atoms with E-state index < -0.39 is 0 Å². The van der Waals surface area contributed by atoms with E-state index in [2.05, 4.69) is 24.2 Å². The molecular formula is C10H20N4. The Hall–Kier alpha value is -0.900. The van der Waals surface area contributed by atoms with Crippen molar-refractivity contribution in [2.45, 2.75) is 39.2 Å². The Balaban J connectivity index is 2.51. The molecule has 0 spiro atoms. The number of hydrogen-bond donors (Lipinski definition) is 1. The van der Waals surface area contributed by atoms with E-state index in [1.165, 1.54) is 0 Å². The van der Waals surface area contributed by atoms with Gasteiger partial charge in [0.2, 0.25) is 0 Å². The molecule has 0 radical (unpaired) electrons. The first kappa shape index (κ1) is 11.2. The second-order valence-electron chi connectivity index (χ2n) is 3.83. The molecule has 0 fully saturated rings. The van der Waals surface area contributed by atoms with Crippen molar-refractivity contribution in [2.24, 2.45) is 18.7 Å². The first-order chi connectivity index (χ1) is 6.67. The number of aryl methyl sites for hydroxylation is 1. The molecule has 1 heterocycles. The summed E-state index contributed by atoms with van der Waals surface area (Å²) in [6.07, 6.45) is 5.04. The molecule has 1 rings (SSSR count). The zero-order chi connectivity index (χ0) is 10.6. The third kappa shape index (κ3) is 2.80. The predicted molar refractivity (Wildman–Crippen MR) is 56.8 cm³/mol. The summed E-state index contributed by atoms with van der Waals surface area (Å²) in [5, 5.41) is 7.93.